The Balaban J connectivity index is 1.35. The lowest BCUT2D eigenvalue weighted by Crippen LogP contribution is -2.45. The van der Waals surface area contributed by atoms with Gasteiger partial charge in [0, 0.05) is 12.0 Å². The van der Waals surface area contributed by atoms with E-state index in [1.807, 2.05) is 25.1 Å². The first-order valence-corrected chi connectivity index (χ1v) is 17.3. The number of carbonyl (C=O) groups excluding carboxylic acids is 3. The highest BCUT2D eigenvalue weighted by molar-refractivity contribution is 5.87. The molecule has 2 saturated carbocycles. The number of nitrogens with zero attached hydrogens (tertiary/aromatic N) is 3. The van der Waals surface area contributed by atoms with Crippen molar-refractivity contribution < 1.29 is 28.6 Å². The quantitative estimate of drug-likeness (QED) is 0.294. The Hall–Kier alpha value is -3.23. The van der Waals surface area contributed by atoms with Gasteiger partial charge in [-0.2, -0.15) is 0 Å². The van der Waals surface area contributed by atoms with Crippen LogP contribution in [0.15, 0.2) is 18.2 Å². The molecular formula is C36H49N3O6. The number of ether oxygens (including phenoxy) is 3. The normalized spacial score (nSPS) is 32.2. The van der Waals surface area contributed by atoms with Crippen molar-refractivity contribution in [2.45, 2.75) is 121 Å². The van der Waals surface area contributed by atoms with E-state index in [1.165, 1.54) is 0 Å². The molecule has 1 saturated heterocycles. The van der Waals surface area contributed by atoms with Gasteiger partial charge in [0.25, 0.3) is 0 Å². The van der Waals surface area contributed by atoms with Crippen LogP contribution in [0.25, 0.3) is 11.0 Å². The number of fused-ring (bicyclic) bond motifs is 5. The van der Waals surface area contributed by atoms with Gasteiger partial charge in [0.1, 0.15) is 29.4 Å². The van der Waals surface area contributed by atoms with Gasteiger partial charge in [-0.3, -0.25) is 9.59 Å². The number of rotatable bonds is 3. The number of aromatic nitrogens is 2. The van der Waals surface area contributed by atoms with Gasteiger partial charge in [-0.1, -0.05) is 39.0 Å². The van der Waals surface area contributed by atoms with Gasteiger partial charge in [0.2, 0.25) is 11.8 Å². The van der Waals surface area contributed by atoms with Gasteiger partial charge in [0.05, 0.1) is 43.1 Å². The highest BCUT2D eigenvalue weighted by atomic mass is 16.6. The molecule has 1 aromatic heterocycles. The second kappa shape index (κ2) is 13.6. The van der Waals surface area contributed by atoms with Crippen LogP contribution in [0.4, 0.5) is 0 Å². The Kier molecular flexibility index (Phi) is 9.62. The first-order chi connectivity index (χ1) is 21.8. The summed E-state index contributed by atoms with van der Waals surface area (Å²) in [5.74, 6) is 0.420. The molecule has 2 bridgehead atoms. The van der Waals surface area contributed by atoms with Crippen LogP contribution in [0.5, 0.6) is 11.6 Å². The number of aryl methyl sites for hydroxylation is 1. The van der Waals surface area contributed by atoms with Crippen molar-refractivity contribution in [1.82, 2.24) is 14.9 Å². The zero-order valence-electron chi connectivity index (χ0n) is 27.2. The summed E-state index contributed by atoms with van der Waals surface area (Å²) < 4.78 is 18.4. The molecule has 0 N–H and O–H groups in total. The summed E-state index contributed by atoms with van der Waals surface area (Å²) in [6.07, 6.45) is 13.3. The molecule has 1 amide bonds. The van der Waals surface area contributed by atoms with Crippen molar-refractivity contribution in [3.05, 3.63) is 23.9 Å². The van der Waals surface area contributed by atoms with E-state index in [9.17, 15) is 14.4 Å². The van der Waals surface area contributed by atoms with E-state index in [2.05, 4.69) is 6.92 Å². The van der Waals surface area contributed by atoms with Crippen molar-refractivity contribution >= 4 is 29.2 Å². The van der Waals surface area contributed by atoms with Gasteiger partial charge in [0.15, 0.2) is 0 Å². The average molecular weight is 620 g/mol. The standard InChI is InChI=1S/C36H49N3O6/c1-23-31(22-40)39-21-32(23)44-34-29(37-28-17-16-26(43-3)19-30(28)38-34)15-9-5-8-13-25-14-10-18-36(25,2)45-33(41)20-27(35(39)42)24-11-6-4-7-12-24/h16-17,19,22-25,27,31-32H,4-15,18,20-21H2,1-3H3/t23-,25+,27-,31+,32-,36+/m0/s1. The predicted molar refractivity (Wildman–Crippen MR) is 170 cm³/mol. The molecule has 3 fully saturated rings. The molecule has 45 heavy (non-hydrogen) atoms. The van der Waals surface area contributed by atoms with E-state index in [1.54, 1.807) is 12.0 Å². The molecule has 3 heterocycles. The average Bonchev–Trinajstić information content (AvgIpc) is 3.56. The molecule has 0 radical (unpaired) electrons. The number of carbonyl (C=O) groups is 3. The molecular weight excluding hydrogens is 570 g/mol. The predicted octanol–water partition coefficient (Wildman–Crippen LogP) is 6.24. The van der Waals surface area contributed by atoms with Gasteiger partial charge in [-0.15, -0.1) is 0 Å². The Bertz CT molecular complexity index is 1390. The third kappa shape index (κ3) is 6.68. The van der Waals surface area contributed by atoms with Crippen molar-refractivity contribution in [3.63, 3.8) is 0 Å². The van der Waals surface area contributed by atoms with Crippen LogP contribution in [-0.4, -0.2) is 64.4 Å². The number of methoxy groups -OCH3 is 1. The Morgan fingerprint density at radius 1 is 0.978 bits per heavy atom. The van der Waals surface area contributed by atoms with Crippen molar-refractivity contribution in [1.29, 1.82) is 0 Å². The zero-order valence-corrected chi connectivity index (χ0v) is 27.2. The largest absolute Gasteiger partial charge is 0.497 e. The lowest BCUT2D eigenvalue weighted by atomic mass is 9.77. The Labute approximate surface area is 266 Å². The van der Waals surface area contributed by atoms with Crippen LogP contribution in [0.3, 0.4) is 0 Å². The lowest BCUT2D eigenvalue weighted by molar-refractivity contribution is -0.166. The maximum atomic E-state index is 14.4. The summed E-state index contributed by atoms with van der Waals surface area (Å²) in [6.45, 7) is 4.32. The molecule has 9 heteroatoms. The first kappa shape index (κ1) is 31.7. The molecule has 1 aromatic carbocycles. The highest BCUT2D eigenvalue weighted by Crippen LogP contribution is 2.43. The summed E-state index contributed by atoms with van der Waals surface area (Å²) in [6, 6.07) is 5.02. The topological polar surface area (TPSA) is 108 Å². The fraction of sp³-hybridized carbons (Fsp3) is 0.694. The fourth-order valence-electron chi connectivity index (χ4n) is 8.49. The SMILES string of the molecule is COc1ccc2nc3c(nc2c1)O[C@H]1CN(C(=O)[C@H](C2CCCCC2)CC(=O)O[C@]2(C)CCC[C@H]2CCCCC3)[C@H](C=O)[C@@H]1C. The smallest absolute Gasteiger partial charge is 0.307 e. The molecule has 6 atom stereocenters. The Morgan fingerprint density at radius 2 is 1.73 bits per heavy atom. The van der Waals surface area contributed by atoms with Crippen LogP contribution in [0.1, 0.15) is 103 Å². The Morgan fingerprint density at radius 3 is 2.51 bits per heavy atom. The molecule has 2 aromatic rings. The van der Waals surface area contributed by atoms with Crippen molar-refractivity contribution in [3.8, 4) is 11.6 Å². The monoisotopic (exact) mass is 619 g/mol. The van der Waals surface area contributed by atoms with Crippen LogP contribution in [-0.2, 0) is 25.5 Å². The highest BCUT2D eigenvalue weighted by Gasteiger charge is 2.48. The summed E-state index contributed by atoms with van der Waals surface area (Å²) in [4.78, 5) is 52.1. The number of esters is 1. The third-order valence-electron chi connectivity index (χ3n) is 11.3. The molecule has 4 aliphatic rings. The van der Waals surface area contributed by atoms with Crippen LogP contribution < -0.4 is 9.47 Å². The minimum atomic E-state index is -0.639. The second-order valence-electron chi connectivity index (χ2n) is 14.1. The zero-order chi connectivity index (χ0) is 31.6. The number of amides is 1. The van der Waals surface area contributed by atoms with Crippen molar-refractivity contribution in [2.75, 3.05) is 13.7 Å². The number of hydrogen-bond acceptors (Lipinski definition) is 8. The fourth-order valence-corrected chi connectivity index (χ4v) is 8.49. The second-order valence-corrected chi connectivity index (χ2v) is 14.1. The molecule has 2 aliphatic heterocycles. The number of hydrogen-bond donors (Lipinski definition) is 0. The first-order valence-electron chi connectivity index (χ1n) is 17.3. The van der Waals surface area contributed by atoms with Crippen molar-refractivity contribution in [2.24, 2.45) is 23.7 Å². The third-order valence-corrected chi connectivity index (χ3v) is 11.3. The molecule has 0 unspecified atom stereocenters. The minimum absolute atomic E-state index is 0.0654. The van der Waals surface area contributed by atoms with E-state index in [0.717, 1.165) is 94.5 Å². The van der Waals surface area contributed by atoms with Gasteiger partial charge in [-0.25, -0.2) is 9.97 Å². The molecule has 2 aliphatic carbocycles. The summed E-state index contributed by atoms with van der Waals surface area (Å²) in [5, 5.41) is 0. The lowest BCUT2D eigenvalue weighted by Gasteiger charge is -2.35. The van der Waals surface area contributed by atoms with Crippen LogP contribution in [0, 0.1) is 23.7 Å². The maximum Gasteiger partial charge on any atom is 0.307 e. The van der Waals surface area contributed by atoms with Gasteiger partial charge < -0.3 is 23.9 Å². The van der Waals surface area contributed by atoms with E-state index >= 15 is 0 Å². The molecule has 244 valence electrons. The molecule has 6 rings (SSSR count). The number of benzene rings is 1. The van der Waals surface area contributed by atoms with E-state index in [0.29, 0.717) is 29.5 Å². The van der Waals surface area contributed by atoms with E-state index in [4.69, 9.17) is 24.2 Å². The minimum Gasteiger partial charge on any atom is -0.497 e. The van der Waals surface area contributed by atoms with Gasteiger partial charge >= 0.3 is 5.97 Å². The summed E-state index contributed by atoms with van der Waals surface area (Å²) in [5.41, 5.74) is 1.76. The maximum absolute atomic E-state index is 14.4. The van der Waals surface area contributed by atoms with Crippen LogP contribution in [0.2, 0.25) is 0 Å². The van der Waals surface area contributed by atoms with Crippen LogP contribution >= 0.6 is 0 Å². The summed E-state index contributed by atoms with van der Waals surface area (Å²) in [7, 11) is 1.62. The van der Waals surface area contributed by atoms with Gasteiger partial charge in [-0.05, 0) is 82.3 Å². The molecule has 9 nitrogen and oxygen atoms in total. The molecule has 0 spiro atoms. The number of aldehydes is 1. The van der Waals surface area contributed by atoms with E-state index in [-0.39, 0.29) is 36.7 Å². The van der Waals surface area contributed by atoms with E-state index < -0.39 is 23.7 Å². The summed E-state index contributed by atoms with van der Waals surface area (Å²) >= 11 is 0.